The van der Waals surface area contributed by atoms with Crippen LogP contribution in [0, 0.1) is 6.92 Å². The Morgan fingerprint density at radius 1 is 1.07 bits per heavy atom. The minimum Gasteiger partial charge on any atom is -0.497 e. The lowest BCUT2D eigenvalue weighted by Crippen LogP contribution is -2.43. The fourth-order valence-electron chi connectivity index (χ4n) is 2.56. The summed E-state index contributed by atoms with van der Waals surface area (Å²) in [4.78, 5) is 18.1. The Morgan fingerprint density at radius 2 is 1.79 bits per heavy atom. The van der Waals surface area contributed by atoms with Crippen molar-refractivity contribution in [2.24, 2.45) is 4.99 Å². The van der Waals surface area contributed by atoms with Crippen LogP contribution in [0.1, 0.15) is 16.7 Å². The van der Waals surface area contributed by atoms with Gasteiger partial charge in [0.05, 0.1) is 20.2 Å². The van der Waals surface area contributed by atoms with Crippen LogP contribution >= 0.6 is 0 Å². The van der Waals surface area contributed by atoms with Crippen molar-refractivity contribution < 1.29 is 9.53 Å². The summed E-state index contributed by atoms with van der Waals surface area (Å²) in [7, 11) is 5.14. The lowest BCUT2D eigenvalue weighted by Gasteiger charge is -2.15. The zero-order valence-corrected chi connectivity index (χ0v) is 17.2. The SMILES string of the molecule is COc1ccc(CCNC(=NCc2ccccc2C)NCC(=O)N(C)C)cc1. The molecule has 0 atom stereocenters. The Balaban J connectivity index is 1.96. The number of rotatable bonds is 8. The van der Waals surface area contributed by atoms with Gasteiger partial charge in [0.25, 0.3) is 0 Å². The highest BCUT2D eigenvalue weighted by Gasteiger charge is 2.06. The Kier molecular flexibility index (Phi) is 8.34. The zero-order valence-electron chi connectivity index (χ0n) is 17.2. The highest BCUT2D eigenvalue weighted by molar-refractivity contribution is 5.86. The largest absolute Gasteiger partial charge is 0.497 e. The molecule has 0 aliphatic carbocycles. The van der Waals surface area contributed by atoms with E-state index < -0.39 is 0 Å². The Labute approximate surface area is 167 Å². The van der Waals surface area contributed by atoms with Gasteiger partial charge in [-0.25, -0.2) is 4.99 Å². The maximum Gasteiger partial charge on any atom is 0.241 e. The second kappa shape index (κ2) is 11.0. The molecule has 0 bridgehead atoms. The van der Waals surface area contributed by atoms with E-state index >= 15 is 0 Å². The first-order chi connectivity index (χ1) is 13.5. The van der Waals surface area contributed by atoms with E-state index in [2.05, 4.69) is 34.7 Å². The monoisotopic (exact) mass is 382 g/mol. The van der Waals surface area contributed by atoms with E-state index in [0.717, 1.165) is 17.7 Å². The molecule has 0 spiro atoms. The van der Waals surface area contributed by atoms with E-state index in [1.807, 2.05) is 36.4 Å². The third-order valence-corrected chi connectivity index (χ3v) is 4.44. The minimum atomic E-state index is 0.000506. The van der Waals surface area contributed by atoms with Crippen molar-refractivity contribution in [2.45, 2.75) is 19.9 Å². The molecule has 0 aliphatic rings. The van der Waals surface area contributed by atoms with Crippen LogP contribution in [0.3, 0.4) is 0 Å². The number of aliphatic imine (C=N–C) groups is 1. The van der Waals surface area contributed by atoms with Gasteiger partial charge in [0.1, 0.15) is 5.75 Å². The molecule has 2 N–H and O–H groups in total. The molecule has 0 aromatic heterocycles. The molecule has 6 nitrogen and oxygen atoms in total. The lowest BCUT2D eigenvalue weighted by atomic mass is 10.1. The van der Waals surface area contributed by atoms with Crippen molar-refractivity contribution in [3.63, 3.8) is 0 Å². The van der Waals surface area contributed by atoms with Crippen LogP contribution in [0.5, 0.6) is 5.75 Å². The van der Waals surface area contributed by atoms with Gasteiger partial charge in [-0.05, 0) is 42.2 Å². The molecule has 0 fully saturated rings. The van der Waals surface area contributed by atoms with Crippen LogP contribution < -0.4 is 15.4 Å². The van der Waals surface area contributed by atoms with Crippen LogP contribution in [0.2, 0.25) is 0 Å². The summed E-state index contributed by atoms with van der Waals surface area (Å²) in [5.74, 6) is 1.48. The average molecular weight is 383 g/mol. The second-order valence-corrected chi connectivity index (χ2v) is 6.76. The molecule has 0 aliphatic heterocycles. The number of nitrogens with zero attached hydrogens (tertiary/aromatic N) is 2. The van der Waals surface area contributed by atoms with E-state index in [1.54, 1.807) is 26.1 Å². The summed E-state index contributed by atoms with van der Waals surface area (Å²) in [6, 6.07) is 16.2. The highest BCUT2D eigenvalue weighted by atomic mass is 16.5. The predicted octanol–water partition coefficient (Wildman–Crippen LogP) is 2.37. The normalized spacial score (nSPS) is 11.1. The minimum absolute atomic E-state index is 0.000506. The van der Waals surface area contributed by atoms with E-state index in [9.17, 15) is 4.79 Å². The fraction of sp³-hybridized carbons (Fsp3) is 0.364. The van der Waals surface area contributed by atoms with Crippen LogP contribution in [0.15, 0.2) is 53.5 Å². The van der Waals surface area contributed by atoms with Gasteiger partial charge in [0.2, 0.25) is 5.91 Å². The van der Waals surface area contributed by atoms with E-state index in [-0.39, 0.29) is 12.5 Å². The summed E-state index contributed by atoms with van der Waals surface area (Å²) in [6.07, 6.45) is 0.844. The van der Waals surface area contributed by atoms with Crippen LogP contribution in [0.4, 0.5) is 0 Å². The molecule has 0 saturated carbocycles. The number of benzene rings is 2. The number of ether oxygens (including phenoxy) is 1. The summed E-state index contributed by atoms with van der Waals surface area (Å²) in [5.41, 5.74) is 3.57. The quantitative estimate of drug-likeness (QED) is 0.543. The Bertz CT molecular complexity index is 785. The summed E-state index contributed by atoms with van der Waals surface area (Å²) < 4.78 is 5.19. The van der Waals surface area contributed by atoms with Crippen molar-refractivity contribution >= 4 is 11.9 Å². The van der Waals surface area contributed by atoms with Crippen molar-refractivity contribution in [1.82, 2.24) is 15.5 Å². The van der Waals surface area contributed by atoms with Gasteiger partial charge in [0.15, 0.2) is 5.96 Å². The second-order valence-electron chi connectivity index (χ2n) is 6.76. The number of carbonyl (C=O) groups is 1. The number of methoxy groups -OCH3 is 1. The number of hydrogen-bond donors (Lipinski definition) is 2. The molecule has 150 valence electrons. The van der Waals surface area contributed by atoms with Gasteiger partial charge in [-0.15, -0.1) is 0 Å². The molecule has 0 heterocycles. The van der Waals surface area contributed by atoms with Crippen LogP contribution in [-0.4, -0.2) is 51.1 Å². The van der Waals surface area contributed by atoms with Gasteiger partial charge in [-0.1, -0.05) is 36.4 Å². The van der Waals surface area contributed by atoms with Gasteiger partial charge >= 0.3 is 0 Å². The van der Waals surface area contributed by atoms with Gasteiger partial charge in [-0.3, -0.25) is 4.79 Å². The molecule has 28 heavy (non-hydrogen) atoms. The molecule has 1 amide bonds. The maximum atomic E-state index is 11.9. The average Bonchev–Trinajstić information content (AvgIpc) is 2.70. The maximum absolute atomic E-state index is 11.9. The van der Waals surface area contributed by atoms with Gasteiger partial charge in [-0.2, -0.15) is 0 Å². The van der Waals surface area contributed by atoms with Gasteiger partial charge in [0, 0.05) is 20.6 Å². The zero-order chi connectivity index (χ0) is 20.4. The van der Waals surface area contributed by atoms with E-state index in [4.69, 9.17) is 4.74 Å². The molecule has 2 aromatic carbocycles. The molecule has 2 aromatic rings. The Morgan fingerprint density at radius 3 is 2.43 bits per heavy atom. The number of guanidine groups is 1. The molecule has 0 unspecified atom stereocenters. The molecular formula is C22H30N4O2. The summed E-state index contributed by atoms with van der Waals surface area (Å²) >= 11 is 0. The summed E-state index contributed by atoms with van der Waals surface area (Å²) in [6.45, 7) is 3.54. The Hall–Kier alpha value is -3.02. The number of amides is 1. The number of carbonyl (C=O) groups excluding carboxylic acids is 1. The van der Waals surface area contributed by atoms with E-state index in [1.165, 1.54) is 11.1 Å². The first-order valence-electron chi connectivity index (χ1n) is 9.39. The molecular weight excluding hydrogens is 352 g/mol. The number of nitrogens with one attached hydrogen (secondary N) is 2. The topological polar surface area (TPSA) is 66.0 Å². The smallest absolute Gasteiger partial charge is 0.241 e. The van der Waals surface area contributed by atoms with Crippen LogP contribution in [-0.2, 0) is 17.8 Å². The fourth-order valence-corrected chi connectivity index (χ4v) is 2.56. The first-order valence-corrected chi connectivity index (χ1v) is 9.39. The van der Waals surface area contributed by atoms with Crippen molar-refractivity contribution in [1.29, 1.82) is 0 Å². The van der Waals surface area contributed by atoms with Crippen molar-refractivity contribution in [2.75, 3.05) is 34.3 Å². The number of aryl methyl sites for hydroxylation is 1. The third-order valence-electron chi connectivity index (χ3n) is 4.44. The van der Waals surface area contributed by atoms with Crippen molar-refractivity contribution in [3.8, 4) is 5.75 Å². The standard InChI is InChI=1S/C22H30N4O2/c1-17-7-5-6-8-19(17)15-24-22(25-16-21(27)26(2)3)23-14-13-18-9-11-20(28-4)12-10-18/h5-12H,13-16H2,1-4H3,(H2,23,24,25). The van der Waals surface area contributed by atoms with Gasteiger partial charge < -0.3 is 20.3 Å². The summed E-state index contributed by atoms with van der Waals surface area (Å²) in [5, 5.41) is 6.44. The molecule has 6 heteroatoms. The third kappa shape index (κ3) is 6.95. The molecule has 0 radical (unpaired) electrons. The van der Waals surface area contributed by atoms with Crippen LogP contribution in [0.25, 0.3) is 0 Å². The van der Waals surface area contributed by atoms with E-state index in [0.29, 0.717) is 19.0 Å². The molecule has 2 rings (SSSR count). The predicted molar refractivity (Wildman–Crippen MR) is 114 cm³/mol. The lowest BCUT2D eigenvalue weighted by molar-refractivity contribution is -0.127. The number of hydrogen-bond acceptors (Lipinski definition) is 3. The van der Waals surface area contributed by atoms with Crippen molar-refractivity contribution in [3.05, 3.63) is 65.2 Å². The molecule has 0 saturated heterocycles. The first kappa shape index (κ1) is 21.3. The number of likely N-dealkylation sites (N-methyl/N-ethyl adjacent to an activating group) is 1. The highest BCUT2D eigenvalue weighted by Crippen LogP contribution is 2.11.